The van der Waals surface area contributed by atoms with Crippen LogP contribution in [0.3, 0.4) is 0 Å². The molecule has 24 heavy (non-hydrogen) atoms. The average Bonchev–Trinajstić information content (AvgIpc) is 3.09. The Hall–Kier alpha value is -2.86. The number of hydrogen-bond donors (Lipinski definition) is 0. The highest BCUT2D eigenvalue weighted by Gasteiger charge is 2.27. The minimum Gasteiger partial charge on any atom is -0.373 e. The lowest BCUT2D eigenvalue weighted by molar-refractivity contribution is 0.0269. The summed E-state index contributed by atoms with van der Waals surface area (Å²) in [6.07, 6.45) is 3.39. The first-order chi connectivity index (χ1) is 11.5. The molecule has 1 fully saturated rings. The lowest BCUT2D eigenvalue weighted by Gasteiger charge is -2.35. The first kappa shape index (κ1) is 16.0. The largest absolute Gasteiger partial charge is 0.373 e. The van der Waals surface area contributed by atoms with Crippen LogP contribution in [-0.4, -0.2) is 44.7 Å². The molecule has 0 radical (unpaired) electrons. The summed E-state index contributed by atoms with van der Waals surface area (Å²) in [5.41, 5.74) is -1.06. The zero-order valence-electron chi connectivity index (χ0n) is 13.5. The molecule has 3 rings (SSSR count). The van der Waals surface area contributed by atoms with E-state index in [0.717, 1.165) is 4.57 Å². The Morgan fingerprint density at radius 2 is 2.17 bits per heavy atom. The molecule has 126 valence electrons. The highest BCUT2D eigenvalue weighted by atomic mass is 16.5. The molecule has 3 heterocycles. The maximum Gasteiger partial charge on any atom is 0.332 e. The van der Waals surface area contributed by atoms with Gasteiger partial charge in [-0.1, -0.05) is 0 Å². The van der Waals surface area contributed by atoms with Gasteiger partial charge in [-0.2, -0.15) is 10.4 Å². The number of anilines is 1. The third-order valence-electron chi connectivity index (χ3n) is 4.13. The average molecular weight is 330 g/mol. The molecule has 9 nitrogen and oxygen atoms in total. The second-order valence-corrected chi connectivity index (χ2v) is 5.68. The third-order valence-corrected chi connectivity index (χ3v) is 4.13. The molecule has 0 aromatic carbocycles. The van der Waals surface area contributed by atoms with E-state index < -0.39 is 11.2 Å². The highest BCUT2D eigenvalue weighted by molar-refractivity contribution is 5.53. The fourth-order valence-electron chi connectivity index (χ4n) is 2.94. The molecular weight excluding hydrogens is 312 g/mol. The monoisotopic (exact) mass is 330 g/mol. The van der Waals surface area contributed by atoms with Gasteiger partial charge in [0.05, 0.1) is 19.3 Å². The number of rotatable bonds is 3. The second kappa shape index (κ2) is 6.33. The zero-order valence-corrected chi connectivity index (χ0v) is 13.5. The Labute approximate surface area is 137 Å². The van der Waals surface area contributed by atoms with Crippen LogP contribution >= 0.6 is 0 Å². The molecule has 0 aliphatic carbocycles. The summed E-state index contributed by atoms with van der Waals surface area (Å²) in [7, 11) is 2.94. The SMILES string of the molecule is Cn1c(N2CCOC(Cn3cccn3)C2)c(C#N)c(=O)n(C)c1=O. The third kappa shape index (κ3) is 2.72. The summed E-state index contributed by atoms with van der Waals surface area (Å²) in [4.78, 5) is 26.3. The van der Waals surface area contributed by atoms with E-state index >= 15 is 0 Å². The number of ether oxygens (including phenoxy) is 1. The number of nitriles is 1. The molecule has 0 amide bonds. The van der Waals surface area contributed by atoms with Gasteiger partial charge in [-0.05, 0) is 6.07 Å². The fourth-order valence-corrected chi connectivity index (χ4v) is 2.94. The van der Waals surface area contributed by atoms with Crippen molar-refractivity contribution in [2.24, 2.45) is 14.1 Å². The van der Waals surface area contributed by atoms with Gasteiger partial charge in [-0.15, -0.1) is 0 Å². The van der Waals surface area contributed by atoms with Crippen LogP contribution in [0.2, 0.25) is 0 Å². The van der Waals surface area contributed by atoms with Crippen LogP contribution < -0.4 is 16.1 Å². The van der Waals surface area contributed by atoms with Crippen LogP contribution in [0.1, 0.15) is 5.56 Å². The van der Waals surface area contributed by atoms with E-state index in [1.807, 2.05) is 23.2 Å². The van der Waals surface area contributed by atoms with Crippen LogP contribution in [0, 0.1) is 11.3 Å². The van der Waals surface area contributed by atoms with Gasteiger partial charge in [-0.3, -0.25) is 18.6 Å². The molecule has 0 spiro atoms. The number of nitrogens with zero attached hydrogens (tertiary/aromatic N) is 6. The van der Waals surface area contributed by atoms with E-state index in [1.165, 1.54) is 11.6 Å². The van der Waals surface area contributed by atoms with Gasteiger partial charge >= 0.3 is 5.69 Å². The van der Waals surface area contributed by atoms with E-state index in [4.69, 9.17) is 4.74 Å². The summed E-state index contributed by atoms with van der Waals surface area (Å²) >= 11 is 0. The van der Waals surface area contributed by atoms with Crippen LogP contribution in [-0.2, 0) is 25.4 Å². The van der Waals surface area contributed by atoms with Crippen LogP contribution in [0.25, 0.3) is 0 Å². The van der Waals surface area contributed by atoms with Gasteiger partial charge in [0, 0.05) is 39.6 Å². The first-order valence-electron chi connectivity index (χ1n) is 7.57. The van der Waals surface area contributed by atoms with E-state index in [-0.39, 0.29) is 11.7 Å². The maximum atomic E-state index is 12.2. The molecule has 0 N–H and O–H groups in total. The summed E-state index contributed by atoms with van der Waals surface area (Å²) in [6, 6.07) is 3.77. The summed E-state index contributed by atoms with van der Waals surface area (Å²) in [5.74, 6) is 0.347. The van der Waals surface area contributed by atoms with E-state index in [0.29, 0.717) is 32.1 Å². The molecule has 1 aliphatic rings. The molecular formula is C15H18N6O3. The Balaban J connectivity index is 1.95. The number of aromatic nitrogens is 4. The predicted molar refractivity (Wildman–Crippen MR) is 85.8 cm³/mol. The van der Waals surface area contributed by atoms with Crippen molar-refractivity contribution in [2.75, 3.05) is 24.6 Å². The van der Waals surface area contributed by atoms with E-state index in [2.05, 4.69) is 5.10 Å². The fraction of sp³-hybridized carbons (Fsp3) is 0.467. The van der Waals surface area contributed by atoms with Crippen LogP contribution in [0.5, 0.6) is 0 Å². The zero-order chi connectivity index (χ0) is 17.3. The highest BCUT2D eigenvalue weighted by Crippen LogP contribution is 2.18. The van der Waals surface area contributed by atoms with Crippen molar-refractivity contribution >= 4 is 5.82 Å². The first-order valence-corrected chi connectivity index (χ1v) is 7.57. The molecule has 9 heteroatoms. The van der Waals surface area contributed by atoms with Gasteiger partial charge < -0.3 is 9.64 Å². The Morgan fingerprint density at radius 3 is 2.83 bits per heavy atom. The van der Waals surface area contributed by atoms with Crippen molar-refractivity contribution in [3.8, 4) is 6.07 Å². The van der Waals surface area contributed by atoms with Gasteiger partial charge in [0.2, 0.25) is 0 Å². The van der Waals surface area contributed by atoms with Gasteiger partial charge in [0.15, 0.2) is 5.56 Å². The normalized spacial score (nSPS) is 17.7. The topological polar surface area (TPSA) is 98.1 Å². The molecule has 1 saturated heterocycles. The lowest BCUT2D eigenvalue weighted by atomic mass is 10.2. The molecule has 0 bridgehead atoms. The number of hydrogen-bond acceptors (Lipinski definition) is 6. The van der Waals surface area contributed by atoms with Crippen molar-refractivity contribution in [2.45, 2.75) is 12.6 Å². The predicted octanol–water partition coefficient (Wildman–Crippen LogP) is -0.942. The molecule has 2 aromatic heterocycles. The minimum absolute atomic E-state index is 0.0284. The molecule has 1 atom stereocenters. The van der Waals surface area contributed by atoms with Crippen LogP contribution in [0.15, 0.2) is 28.0 Å². The summed E-state index contributed by atoms with van der Waals surface area (Å²) in [5, 5.41) is 13.5. The molecule has 1 aliphatic heterocycles. The van der Waals surface area contributed by atoms with E-state index in [1.54, 1.807) is 17.9 Å². The quantitative estimate of drug-likeness (QED) is 0.720. The van der Waals surface area contributed by atoms with E-state index in [9.17, 15) is 14.9 Å². The second-order valence-electron chi connectivity index (χ2n) is 5.68. The van der Waals surface area contributed by atoms with Gasteiger partial charge in [0.1, 0.15) is 11.9 Å². The maximum absolute atomic E-state index is 12.2. The van der Waals surface area contributed by atoms with Gasteiger partial charge in [0.25, 0.3) is 5.56 Å². The van der Waals surface area contributed by atoms with Crippen molar-refractivity contribution in [3.63, 3.8) is 0 Å². The summed E-state index contributed by atoms with van der Waals surface area (Å²) in [6.45, 7) is 1.98. The Kier molecular flexibility index (Phi) is 4.22. The Morgan fingerprint density at radius 1 is 1.38 bits per heavy atom. The van der Waals surface area contributed by atoms with Crippen molar-refractivity contribution in [1.29, 1.82) is 5.26 Å². The standard InChI is InChI=1S/C15H18N6O3/c1-18-13(12(8-16)14(22)19(2)15(18)23)20-6-7-24-11(9-20)10-21-5-3-4-17-21/h3-5,11H,6-7,9-10H2,1-2H3. The summed E-state index contributed by atoms with van der Waals surface area (Å²) < 4.78 is 9.80. The lowest BCUT2D eigenvalue weighted by Crippen LogP contribution is -2.49. The van der Waals surface area contributed by atoms with Crippen molar-refractivity contribution in [1.82, 2.24) is 18.9 Å². The van der Waals surface area contributed by atoms with Crippen molar-refractivity contribution < 1.29 is 4.74 Å². The molecule has 1 unspecified atom stereocenters. The molecule has 0 saturated carbocycles. The Bertz CT molecular complexity index is 890. The molecule has 2 aromatic rings. The van der Waals surface area contributed by atoms with Gasteiger partial charge in [-0.25, -0.2) is 4.79 Å². The van der Waals surface area contributed by atoms with Crippen LogP contribution in [0.4, 0.5) is 5.82 Å². The number of morpholine rings is 1. The minimum atomic E-state index is -0.578. The van der Waals surface area contributed by atoms with Crippen molar-refractivity contribution in [3.05, 3.63) is 44.9 Å². The smallest absolute Gasteiger partial charge is 0.332 e.